The van der Waals surface area contributed by atoms with Crippen LogP contribution < -0.4 is 15.4 Å². The Kier molecular flexibility index (Phi) is 9.86. The summed E-state index contributed by atoms with van der Waals surface area (Å²) in [5.74, 6) is -1.40. The average molecular weight is 610 g/mol. The number of benzene rings is 1. The van der Waals surface area contributed by atoms with Crippen molar-refractivity contribution in [3.05, 3.63) is 33.6 Å². The molecular weight excluding hydrogens is 572 g/mol. The maximum atomic E-state index is 12.5. The van der Waals surface area contributed by atoms with E-state index in [1.807, 2.05) is 18.2 Å². The van der Waals surface area contributed by atoms with Gasteiger partial charge < -0.3 is 24.8 Å². The summed E-state index contributed by atoms with van der Waals surface area (Å²) >= 11 is 4.80. The number of nitrogens with one attached hydrogen (secondary N) is 2. The van der Waals surface area contributed by atoms with Gasteiger partial charge in [-0.1, -0.05) is 39.8 Å². The zero-order chi connectivity index (χ0) is 28.1. The Hall–Kier alpha value is -2.59. The van der Waals surface area contributed by atoms with Crippen molar-refractivity contribution in [1.29, 1.82) is 0 Å². The summed E-state index contributed by atoms with van der Waals surface area (Å²) < 4.78 is 16.0. The predicted octanol–water partition coefficient (Wildman–Crippen LogP) is 6.04. The third-order valence-electron chi connectivity index (χ3n) is 6.31. The third-order valence-corrected chi connectivity index (χ3v) is 8.53. The summed E-state index contributed by atoms with van der Waals surface area (Å²) in [4.78, 5) is 37.2. The Labute approximate surface area is 236 Å². The van der Waals surface area contributed by atoms with Crippen molar-refractivity contribution in [3.8, 4) is 16.2 Å². The van der Waals surface area contributed by atoms with Crippen LogP contribution in [0.3, 0.4) is 0 Å². The SMILES string of the molecule is CCOC(=O)CNC(=O)COc1c(C(=O)OC)sc(-c2cccc(NC3CC(C)(C)CC(C)(C)C3)c2)c1Br. The zero-order valence-electron chi connectivity index (χ0n) is 22.9. The highest BCUT2D eigenvalue weighted by Crippen LogP contribution is 2.48. The van der Waals surface area contributed by atoms with E-state index in [-0.39, 0.29) is 41.2 Å². The highest BCUT2D eigenvalue weighted by atomic mass is 79.9. The minimum Gasteiger partial charge on any atom is -0.481 e. The van der Waals surface area contributed by atoms with E-state index >= 15 is 0 Å². The number of rotatable bonds is 10. The molecule has 2 aromatic rings. The lowest BCUT2D eigenvalue weighted by Crippen LogP contribution is -2.40. The number of thiophene rings is 1. The summed E-state index contributed by atoms with van der Waals surface area (Å²) in [6, 6.07) is 8.40. The second-order valence-corrected chi connectivity index (χ2v) is 12.9. The molecule has 1 heterocycles. The van der Waals surface area contributed by atoms with Crippen LogP contribution in [0.5, 0.6) is 5.75 Å². The van der Waals surface area contributed by atoms with E-state index < -0.39 is 17.8 Å². The molecule has 38 heavy (non-hydrogen) atoms. The van der Waals surface area contributed by atoms with E-state index in [2.05, 4.69) is 60.3 Å². The van der Waals surface area contributed by atoms with Gasteiger partial charge in [0, 0.05) is 11.7 Å². The molecule has 0 atom stereocenters. The normalized spacial score (nSPS) is 16.4. The Morgan fingerprint density at radius 2 is 1.82 bits per heavy atom. The molecule has 1 aliphatic carbocycles. The van der Waals surface area contributed by atoms with Crippen molar-refractivity contribution < 1.29 is 28.6 Å². The monoisotopic (exact) mass is 608 g/mol. The number of carbonyl (C=O) groups excluding carboxylic acids is 3. The number of esters is 2. The van der Waals surface area contributed by atoms with Gasteiger partial charge in [-0.25, -0.2) is 4.79 Å². The molecule has 1 aliphatic rings. The summed E-state index contributed by atoms with van der Waals surface area (Å²) in [5.41, 5.74) is 2.42. The van der Waals surface area contributed by atoms with Gasteiger partial charge in [0.05, 0.1) is 23.1 Å². The molecule has 0 aliphatic heterocycles. The van der Waals surface area contributed by atoms with Gasteiger partial charge >= 0.3 is 11.9 Å². The van der Waals surface area contributed by atoms with E-state index in [0.29, 0.717) is 10.5 Å². The zero-order valence-corrected chi connectivity index (χ0v) is 25.3. The van der Waals surface area contributed by atoms with Gasteiger partial charge in [0.15, 0.2) is 17.2 Å². The van der Waals surface area contributed by atoms with Crippen LogP contribution in [0.4, 0.5) is 5.69 Å². The summed E-state index contributed by atoms with van der Waals surface area (Å²) in [5, 5.41) is 6.17. The minimum absolute atomic E-state index is 0.220. The van der Waals surface area contributed by atoms with Gasteiger partial charge in [0.25, 0.3) is 5.91 Å². The van der Waals surface area contributed by atoms with Crippen molar-refractivity contribution in [2.24, 2.45) is 10.8 Å². The minimum atomic E-state index is -0.565. The highest BCUT2D eigenvalue weighted by molar-refractivity contribution is 9.10. The Morgan fingerprint density at radius 3 is 2.45 bits per heavy atom. The molecule has 208 valence electrons. The number of hydrogen-bond donors (Lipinski definition) is 2. The van der Waals surface area contributed by atoms with Gasteiger partial charge in [-0.3, -0.25) is 9.59 Å². The van der Waals surface area contributed by atoms with E-state index in [1.54, 1.807) is 6.92 Å². The lowest BCUT2D eigenvalue weighted by molar-refractivity contribution is -0.143. The van der Waals surface area contributed by atoms with Crippen LogP contribution in [-0.2, 0) is 19.1 Å². The first-order valence-electron chi connectivity index (χ1n) is 12.7. The average Bonchev–Trinajstić information content (AvgIpc) is 3.15. The highest BCUT2D eigenvalue weighted by Gasteiger charge is 2.38. The molecule has 1 aromatic carbocycles. The van der Waals surface area contributed by atoms with Crippen LogP contribution in [0.15, 0.2) is 28.7 Å². The molecule has 10 heteroatoms. The van der Waals surface area contributed by atoms with Crippen LogP contribution in [0.1, 0.15) is 63.6 Å². The lowest BCUT2D eigenvalue weighted by Gasteiger charge is -2.45. The standard InChI is InChI=1S/C28H37BrN2O6S/c1-7-36-21(33)14-30-20(32)15-37-23-22(29)24(38-25(23)26(34)35-6)17-9-8-10-18(11-17)31-19-12-27(2,3)16-28(4,5)13-19/h8-11,19,31H,7,12-16H2,1-6H3,(H,30,32). The van der Waals surface area contributed by atoms with Crippen LogP contribution in [0.2, 0.25) is 0 Å². The topological polar surface area (TPSA) is 103 Å². The predicted molar refractivity (Wildman–Crippen MR) is 153 cm³/mol. The van der Waals surface area contributed by atoms with Crippen molar-refractivity contribution >= 4 is 50.8 Å². The molecule has 0 bridgehead atoms. The van der Waals surface area contributed by atoms with Gasteiger partial charge in [-0.2, -0.15) is 0 Å². The molecule has 0 saturated heterocycles. The second-order valence-electron chi connectivity index (χ2n) is 11.1. The van der Waals surface area contributed by atoms with Gasteiger partial charge in [0.2, 0.25) is 0 Å². The lowest BCUT2D eigenvalue weighted by atomic mass is 9.63. The van der Waals surface area contributed by atoms with E-state index in [0.717, 1.165) is 29.0 Å². The van der Waals surface area contributed by atoms with Gasteiger partial charge in [-0.15, -0.1) is 11.3 Å². The molecule has 1 saturated carbocycles. The fraction of sp³-hybridized carbons (Fsp3) is 0.536. The Balaban J connectivity index is 1.80. The molecule has 0 radical (unpaired) electrons. The van der Waals surface area contributed by atoms with Crippen molar-refractivity contribution in [2.75, 3.05) is 32.2 Å². The molecule has 1 fully saturated rings. The Morgan fingerprint density at radius 1 is 1.13 bits per heavy atom. The van der Waals surface area contributed by atoms with E-state index in [1.165, 1.54) is 24.9 Å². The first kappa shape index (κ1) is 30.0. The number of halogens is 1. The van der Waals surface area contributed by atoms with Crippen molar-refractivity contribution in [3.63, 3.8) is 0 Å². The first-order chi connectivity index (χ1) is 17.8. The number of carbonyl (C=O) groups is 3. The third kappa shape index (κ3) is 7.96. The number of ether oxygens (including phenoxy) is 3. The van der Waals surface area contributed by atoms with Crippen molar-refractivity contribution in [2.45, 2.75) is 59.9 Å². The largest absolute Gasteiger partial charge is 0.481 e. The van der Waals surface area contributed by atoms with Crippen LogP contribution in [0, 0.1) is 10.8 Å². The number of hydrogen-bond acceptors (Lipinski definition) is 8. The molecule has 1 amide bonds. The first-order valence-corrected chi connectivity index (χ1v) is 14.3. The summed E-state index contributed by atoms with van der Waals surface area (Å²) in [6.45, 7) is 10.6. The fourth-order valence-electron chi connectivity index (χ4n) is 5.44. The number of methoxy groups -OCH3 is 1. The smallest absolute Gasteiger partial charge is 0.351 e. The maximum Gasteiger partial charge on any atom is 0.351 e. The molecule has 3 rings (SSSR count). The number of amides is 1. The van der Waals surface area contributed by atoms with Crippen molar-refractivity contribution in [1.82, 2.24) is 5.32 Å². The van der Waals surface area contributed by atoms with Crippen LogP contribution in [0.25, 0.3) is 10.4 Å². The maximum absolute atomic E-state index is 12.5. The van der Waals surface area contributed by atoms with Gasteiger partial charge in [-0.05, 0) is 70.6 Å². The molecular formula is C28H37BrN2O6S. The summed E-state index contributed by atoms with van der Waals surface area (Å²) in [7, 11) is 1.29. The van der Waals surface area contributed by atoms with Crippen LogP contribution in [-0.4, -0.2) is 50.8 Å². The van der Waals surface area contributed by atoms with E-state index in [9.17, 15) is 14.4 Å². The second kappa shape index (κ2) is 12.5. The number of anilines is 1. The summed E-state index contributed by atoms with van der Waals surface area (Å²) in [6.07, 6.45) is 3.37. The van der Waals surface area contributed by atoms with Gasteiger partial charge in [0.1, 0.15) is 6.54 Å². The van der Waals surface area contributed by atoms with E-state index in [4.69, 9.17) is 14.2 Å². The fourth-order valence-corrected chi connectivity index (χ4v) is 7.41. The molecule has 0 unspecified atom stereocenters. The quantitative estimate of drug-likeness (QED) is 0.317. The molecule has 1 aromatic heterocycles. The molecule has 0 spiro atoms. The molecule has 8 nitrogen and oxygen atoms in total. The van der Waals surface area contributed by atoms with Crippen LogP contribution >= 0.6 is 27.3 Å². The Bertz CT molecular complexity index is 1160. The molecule has 2 N–H and O–H groups in total.